The smallest absolute Gasteiger partial charge is 0.166 e. The Balaban J connectivity index is 0.900. The molecule has 6 aromatic heterocycles. The summed E-state index contributed by atoms with van der Waals surface area (Å²) in [6.07, 6.45) is 2.02. The Morgan fingerprint density at radius 2 is 0.711 bits per heavy atom. The molecule has 0 saturated heterocycles. The first-order valence-corrected chi connectivity index (χ1v) is 27.1. The summed E-state index contributed by atoms with van der Waals surface area (Å²) < 4.78 is 9.73. The third kappa shape index (κ3) is 6.78. The van der Waals surface area contributed by atoms with Crippen LogP contribution in [0.1, 0.15) is 0 Å². The highest BCUT2D eigenvalue weighted by Gasteiger charge is 2.22. The van der Waals surface area contributed by atoms with Crippen molar-refractivity contribution in [3.05, 3.63) is 243 Å². The highest BCUT2D eigenvalue weighted by molar-refractivity contribution is 7.26. The molecule has 16 rings (SSSR count). The first-order chi connectivity index (χ1) is 37.6. The first-order valence-electron chi connectivity index (χ1n) is 25.4. The van der Waals surface area contributed by atoms with Gasteiger partial charge in [0.05, 0.1) is 27.8 Å². The SMILES string of the molecule is c1ccc(-c2nc(-c3ccccc3)nc(-c3cc(-c4ccc5sc6cc7c(cc6c5c4)c4ccccc4n7-c4ccccc4)cnc3-c3ccc4sc5cc6c(cc5c4c3)c3ccccc3n6-c3ccccc3)n2)cc1. The summed E-state index contributed by atoms with van der Waals surface area (Å²) in [5, 5.41) is 9.81. The van der Waals surface area contributed by atoms with Crippen LogP contribution in [0.4, 0.5) is 0 Å². The molecule has 0 atom stereocenters. The molecule has 8 heteroatoms. The topological polar surface area (TPSA) is 61.4 Å². The van der Waals surface area contributed by atoms with E-state index in [9.17, 15) is 0 Å². The lowest BCUT2D eigenvalue weighted by Crippen LogP contribution is -2.02. The third-order valence-electron chi connectivity index (χ3n) is 15.0. The highest BCUT2D eigenvalue weighted by atomic mass is 32.1. The van der Waals surface area contributed by atoms with Gasteiger partial charge >= 0.3 is 0 Å². The minimum atomic E-state index is 0.557. The molecule has 0 N–H and O–H groups in total. The molecule has 10 aromatic carbocycles. The van der Waals surface area contributed by atoms with Crippen molar-refractivity contribution in [3.8, 4) is 67.9 Å². The van der Waals surface area contributed by atoms with Gasteiger partial charge in [-0.1, -0.05) is 146 Å². The van der Waals surface area contributed by atoms with Crippen LogP contribution >= 0.6 is 22.7 Å². The fourth-order valence-corrected chi connectivity index (χ4v) is 13.7. The van der Waals surface area contributed by atoms with Crippen LogP contribution in [0.5, 0.6) is 0 Å². The summed E-state index contributed by atoms with van der Waals surface area (Å²) in [7, 11) is 0. The first kappa shape index (κ1) is 42.9. The van der Waals surface area contributed by atoms with Gasteiger partial charge in [-0.15, -0.1) is 22.7 Å². The Hall–Kier alpha value is -9.60. The number of rotatable bonds is 7. The molecule has 0 aliphatic carbocycles. The normalized spacial score (nSPS) is 11.9. The molecular weight excluding hydrogens is 965 g/mol. The summed E-state index contributed by atoms with van der Waals surface area (Å²) in [5.74, 6) is 1.76. The van der Waals surface area contributed by atoms with Crippen LogP contribution in [0, 0.1) is 0 Å². The molecule has 0 fully saturated rings. The molecule has 0 radical (unpaired) electrons. The molecule has 0 bridgehead atoms. The lowest BCUT2D eigenvalue weighted by molar-refractivity contribution is 1.07. The zero-order valence-electron chi connectivity index (χ0n) is 40.6. The molecule has 0 spiro atoms. The van der Waals surface area contributed by atoms with Gasteiger partial charge in [0, 0.05) is 107 Å². The van der Waals surface area contributed by atoms with E-state index in [1.54, 1.807) is 0 Å². The van der Waals surface area contributed by atoms with Gasteiger partial charge in [0.25, 0.3) is 0 Å². The number of aromatic nitrogens is 6. The van der Waals surface area contributed by atoms with E-state index in [-0.39, 0.29) is 0 Å². The van der Waals surface area contributed by atoms with E-state index in [2.05, 4.69) is 209 Å². The number of nitrogens with zero attached hydrogens (tertiary/aromatic N) is 6. The molecule has 0 aliphatic rings. The van der Waals surface area contributed by atoms with E-state index in [0.717, 1.165) is 50.4 Å². The average Bonchev–Trinajstić information content (AvgIpc) is 4.34. The second-order valence-corrected chi connectivity index (χ2v) is 21.6. The van der Waals surface area contributed by atoms with E-state index in [1.807, 2.05) is 65.3 Å². The van der Waals surface area contributed by atoms with Gasteiger partial charge in [0.1, 0.15) is 0 Å². The maximum absolute atomic E-state index is 5.44. The number of fused-ring (bicyclic) bond motifs is 12. The zero-order valence-corrected chi connectivity index (χ0v) is 42.2. The van der Waals surface area contributed by atoms with Crippen molar-refractivity contribution in [2.45, 2.75) is 0 Å². The Bertz CT molecular complexity index is 4920. The van der Waals surface area contributed by atoms with Crippen molar-refractivity contribution in [3.63, 3.8) is 0 Å². The van der Waals surface area contributed by atoms with Crippen molar-refractivity contribution >= 4 is 107 Å². The van der Waals surface area contributed by atoms with Gasteiger partial charge in [-0.3, -0.25) is 4.98 Å². The van der Waals surface area contributed by atoms with Crippen LogP contribution in [-0.4, -0.2) is 29.1 Å². The number of thiophene rings is 2. The Labute approximate surface area is 443 Å². The number of hydrogen-bond donors (Lipinski definition) is 0. The van der Waals surface area contributed by atoms with Gasteiger partial charge in [-0.2, -0.15) is 0 Å². The molecule has 6 nitrogen and oxygen atoms in total. The predicted molar refractivity (Wildman–Crippen MR) is 319 cm³/mol. The highest BCUT2D eigenvalue weighted by Crippen LogP contribution is 2.45. The second kappa shape index (κ2) is 17.0. The molecule has 0 unspecified atom stereocenters. The maximum atomic E-state index is 5.44. The lowest BCUT2D eigenvalue weighted by atomic mass is 9.97. The van der Waals surface area contributed by atoms with Crippen molar-refractivity contribution in [2.24, 2.45) is 0 Å². The summed E-state index contributed by atoms with van der Waals surface area (Å²) in [4.78, 5) is 21.2. The molecular formula is C68H40N6S2. The zero-order chi connectivity index (χ0) is 49.8. The molecule has 354 valence electrons. The van der Waals surface area contributed by atoms with E-state index in [1.165, 1.54) is 84.0 Å². The average molecular weight is 1010 g/mol. The Morgan fingerprint density at radius 3 is 1.24 bits per heavy atom. The van der Waals surface area contributed by atoms with Crippen molar-refractivity contribution in [1.82, 2.24) is 29.1 Å². The van der Waals surface area contributed by atoms with Crippen LogP contribution in [-0.2, 0) is 0 Å². The van der Waals surface area contributed by atoms with Gasteiger partial charge in [-0.25, -0.2) is 15.0 Å². The molecule has 6 heterocycles. The molecule has 16 aromatic rings. The van der Waals surface area contributed by atoms with E-state index < -0.39 is 0 Å². The van der Waals surface area contributed by atoms with Gasteiger partial charge in [0.2, 0.25) is 0 Å². The summed E-state index contributed by atoms with van der Waals surface area (Å²) in [6, 6.07) is 84.6. The van der Waals surface area contributed by atoms with Gasteiger partial charge < -0.3 is 9.13 Å². The summed E-state index contributed by atoms with van der Waals surface area (Å²) >= 11 is 3.67. The number of para-hydroxylation sites is 4. The standard InChI is InChI=1S/C68H40N6S2/c1-5-17-41(18-6-1)66-70-67(42-19-7-2-8-20-42)72-68(71-66)56-35-45(43-29-31-61-52(33-43)54-36-50-48-25-13-15-27-57(48)73(46-21-9-3-10-22-46)59(50)38-63(54)75-61)40-69-65(56)44-30-32-62-53(34-44)55-37-51-49-26-14-16-28-58(49)74(47-23-11-4-12-24-47)60(51)39-64(55)76-62/h1-40H. The molecule has 0 saturated carbocycles. The molecule has 0 amide bonds. The monoisotopic (exact) mass is 1000 g/mol. The van der Waals surface area contributed by atoms with Crippen LogP contribution in [0.25, 0.3) is 152 Å². The number of hydrogen-bond acceptors (Lipinski definition) is 6. The predicted octanol–water partition coefficient (Wildman–Crippen LogP) is 18.5. The van der Waals surface area contributed by atoms with Crippen molar-refractivity contribution in [1.29, 1.82) is 0 Å². The van der Waals surface area contributed by atoms with E-state index >= 15 is 0 Å². The quantitative estimate of drug-likeness (QED) is 0.160. The van der Waals surface area contributed by atoms with Gasteiger partial charge in [-0.05, 0) is 96.6 Å². The summed E-state index contributed by atoms with van der Waals surface area (Å²) in [5.41, 5.74) is 13.6. The van der Waals surface area contributed by atoms with Crippen LogP contribution in [0.2, 0.25) is 0 Å². The third-order valence-corrected chi connectivity index (χ3v) is 17.3. The lowest BCUT2D eigenvalue weighted by Gasteiger charge is -2.14. The summed E-state index contributed by atoms with van der Waals surface area (Å²) in [6.45, 7) is 0. The van der Waals surface area contributed by atoms with Crippen LogP contribution < -0.4 is 0 Å². The Kier molecular flexibility index (Phi) is 9.57. The van der Waals surface area contributed by atoms with E-state index in [4.69, 9.17) is 19.9 Å². The van der Waals surface area contributed by atoms with Crippen molar-refractivity contribution < 1.29 is 0 Å². The largest absolute Gasteiger partial charge is 0.309 e. The molecule has 0 aliphatic heterocycles. The minimum absolute atomic E-state index is 0.557. The Morgan fingerprint density at radius 1 is 0.276 bits per heavy atom. The number of pyridine rings is 1. The van der Waals surface area contributed by atoms with Gasteiger partial charge in [0.15, 0.2) is 17.5 Å². The minimum Gasteiger partial charge on any atom is -0.309 e. The number of benzene rings is 10. The fourth-order valence-electron chi connectivity index (χ4n) is 11.5. The van der Waals surface area contributed by atoms with E-state index in [0.29, 0.717) is 17.5 Å². The van der Waals surface area contributed by atoms with Crippen LogP contribution in [0.3, 0.4) is 0 Å². The molecule has 76 heavy (non-hydrogen) atoms. The fraction of sp³-hybridized carbons (Fsp3) is 0. The second-order valence-electron chi connectivity index (χ2n) is 19.4. The van der Waals surface area contributed by atoms with Crippen LogP contribution in [0.15, 0.2) is 243 Å². The van der Waals surface area contributed by atoms with Crippen molar-refractivity contribution in [2.75, 3.05) is 0 Å². The maximum Gasteiger partial charge on any atom is 0.166 e.